The maximum Gasteiger partial charge on any atom is 0.253 e. The van der Waals surface area contributed by atoms with Gasteiger partial charge in [0.05, 0.1) is 10.6 Å². The Labute approximate surface area is 163 Å². The first-order valence-electron chi connectivity index (χ1n) is 9.50. The van der Waals surface area contributed by atoms with E-state index >= 15 is 0 Å². The highest BCUT2D eigenvalue weighted by atomic mass is 32.2. The quantitative estimate of drug-likeness (QED) is 0.865. The number of benzene rings is 1. The van der Waals surface area contributed by atoms with Crippen LogP contribution in [0.4, 0.5) is 5.69 Å². The number of hydrogen-bond acceptors (Lipinski definition) is 4. The average molecular weight is 388 g/mol. The van der Waals surface area contributed by atoms with Gasteiger partial charge in [0.1, 0.15) is 0 Å². The fraction of sp³-hybridized carbons (Fsp3) is 0.550. The highest BCUT2D eigenvalue weighted by molar-refractivity contribution is 8.01. The second kappa shape index (κ2) is 6.86. The molecule has 1 spiro atoms. The molecule has 1 aliphatic carbocycles. The van der Waals surface area contributed by atoms with Crippen LogP contribution in [0.2, 0.25) is 0 Å². The predicted molar refractivity (Wildman–Crippen MR) is 105 cm³/mol. The van der Waals surface area contributed by atoms with Gasteiger partial charge < -0.3 is 15.1 Å². The van der Waals surface area contributed by atoms with Gasteiger partial charge in [-0.3, -0.25) is 14.4 Å². The SMILES string of the molecule is C[C@H]1C[C@@H]1C(=O)Nc1ccc(C(=O)N2CCC3(CC2)SCC(=O)N3C)cc1. The van der Waals surface area contributed by atoms with Crippen molar-refractivity contribution in [1.82, 2.24) is 9.80 Å². The molecule has 1 aromatic rings. The zero-order chi connectivity index (χ0) is 19.2. The topological polar surface area (TPSA) is 69.7 Å². The molecule has 0 radical (unpaired) electrons. The van der Waals surface area contributed by atoms with E-state index in [4.69, 9.17) is 0 Å². The molecule has 2 atom stereocenters. The summed E-state index contributed by atoms with van der Waals surface area (Å²) in [6, 6.07) is 7.14. The molecule has 0 unspecified atom stereocenters. The molecule has 2 heterocycles. The molecule has 3 aliphatic rings. The third kappa shape index (κ3) is 3.45. The number of carbonyl (C=O) groups excluding carboxylic acids is 3. The zero-order valence-corrected chi connectivity index (χ0v) is 16.6. The summed E-state index contributed by atoms with van der Waals surface area (Å²) in [5.74, 6) is 1.40. The van der Waals surface area contributed by atoms with Crippen LogP contribution >= 0.6 is 11.8 Å². The van der Waals surface area contributed by atoms with E-state index in [0.29, 0.717) is 30.3 Å². The molecule has 0 bridgehead atoms. The van der Waals surface area contributed by atoms with E-state index < -0.39 is 0 Å². The number of thioether (sulfide) groups is 1. The van der Waals surface area contributed by atoms with Crippen molar-refractivity contribution in [3.05, 3.63) is 29.8 Å². The van der Waals surface area contributed by atoms with Crippen LogP contribution < -0.4 is 5.32 Å². The van der Waals surface area contributed by atoms with E-state index in [0.717, 1.165) is 24.9 Å². The Bertz CT molecular complexity index is 771. The minimum absolute atomic E-state index is 0.00974. The molecule has 4 rings (SSSR count). The van der Waals surface area contributed by atoms with Crippen LogP contribution in [0.3, 0.4) is 0 Å². The van der Waals surface area contributed by atoms with Gasteiger partial charge in [0.2, 0.25) is 11.8 Å². The van der Waals surface area contributed by atoms with Crippen molar-refractivity contribution >= 4 is 35.2 Å². The monoisotopic (exact) mass is 387 g/mol. The molecule has 3 amide bonds. The summed E-state index contributed by atoms with van der Waals surface area (Å²) in [4.78, 5) is 40.2. The van der Waals surface area contributed by atoms with Gasteiger partial charge in [0, 0.05) is 37.3 Å². The number of nitrogens with one attached hydrogen (secondary N) is 1. The standard InChI is InChI=1S/C20H25N3O3S/c1-13-11-16(13)18(25)21-15-5-3-14(4-6-15)19(26)23-9-7-20(8-10-23)22(2)17(24)12-27-20/h3-6,13,16H,7-12H2,1-2H3,(H,21,25)/t13-,16-/m0/s1. The van der Waals surface area contributed by atoms with Gasteiger partial charge in [-0.15, -0.1) is 11.8 Å². The highest BCUT2D eigenvalue weighted by Gasteiger charge is 2.46. The Morgan fingerprint density at radius 3 is 2.33 bits per heavy atom. The molecular formula is C20H25N3O3S. The molecule has 1 N–H and O–H groups in total. The van der Waals surface area contributed by atoms with E-state index in [1.165, 1.54) is 0 Å². The molecule has 2 saturated heterocycles. The fourth-order valence-electron chi connectivity index (χ4n) is 3.96. The molecule has 1 saturated carbocycles. The van der Waals surface area contributed by atoms with Gasteiger partial charge in [-0.1, -0.05) is 6.92 Å². The van der Waals surface area contributed by atoms with Crippen LogP contribution in [0.5, 0.6) is 0 Å². The lowest BCUT2D eigenvalue weighted by Crippen LogP contribution is -2.51. The molecule has 27 heavy (non-hydrogen) atoms. The first kappa shape index (κ1) is 18.3. The number of carbonyl (C=O) groups is 3. The van der Waals surface area contributed by atoms with Gasteiger partial charge in [-0.2, -0.15) is 0 Å². The Morgan fingerprint density at radius 1 is 1.19 bits per heavy atom. The number of likely N-dealkylation sites (tertiary alicyclic amines) is 1. The van der Waals surface area contributed by atoms with Crippen molar-refractivity contribution in [2.24, 2.45) is 11.8 Å². The van der Waals surface area contributed by atoms with Crippen molar-refractivity contribution in [3.63, 3.8) is 0 Å². The number of nitrogens with zero attached hydrogens (tertiary/aromatic N) is 2. The minimum atomic E-state index is -0.137. The normalized spacial score (nSPS) is 26.4. The van der Waals surface area contributed by atoms with Crippen LogP contribution in [-0.2, 0) is 9.59 Å². The van der Waals surface area contributed by atoms with Crippen LogP contribution in [-0.4, -0.2) is 58.3 Å². The minimum Gasteiger partial charge on any atom is -0.338 e. The summed E-state index contributed by atoms with van der Waals surface area (Å²) < 4.78 is 0. The molecule has 7 heteroatoms. The third-order valence-electron chi connectivity index (χ3n) is 6.13. The second-order valence-electron chi connectivity index (χ2n) is 7.87. The summed E-state index contributed by atoms with van der Waals surface area (Å²) in [6.07, 6.45) is 2.57. The van der Waals surface area contributed by atoms with Gasteiger partial charge in [0.25, 0.3) is 5.91 Å². The molecule has 2 aliphatic heterocycles. The van der Waals surface area contributed by atoms with Crippen molar-refractivity contribution in [2.45, 2.75) is 31.1 Å². The van der Waals surface area contributed by atoms with Crippen molar-refractivity contribution < 1.29 is 14.4 Å². The van der Waals surface area contributed by atoms with E-state index in [2.05, 4.69) is 12.2 Å². The Kier molecular flexibility index (Phi) is 4.66. The van der Waals surface area contributed by atoms with Crippen LogP contribution in [0.1, 0.15) is 36.5 Å². The molecule has 0 aromatic heterocycles. The summed E-state index contributed by atoms with van der Waals surface area (Å²) in [5.41, 5.74) is 1.36. The lowest BCUT2D eigenvalue weighted by molar-refractivity contribution is -0.129. The third-order valence-corrected chi connectivity index (χ3v) is 7.74. The number of piperidine rings is 1. The summed E-state index contributed by atoms with van der Waals surface area (Å²) in [6.45, 7) is 3.38. The second-order valence-corrected chi connectivity index (χ2v) is 9.20. The highest BCUT2D eigenvalue weighted by Crippen LogP contribution is 2.43. The van der Waals surface area contributed by atoms with E-state index in [1.54, 1.807) is 36.0 Å². The van der Waals surface area contributed by atoms with E-state index in [-0.39, 0.29) is 28.5 Å². The summed E-state index contributed by atoms with van der Waals surface area (Å²) >= 11 is 1.70. The average Bonchev–Trinajstić information content (AvgIpc) is 3.36. The molecule has 6 nitrogen and oxygen atoms in total. The predicted octanol–water partition coefficient (Wildman–Crippen LogP) is 2.42. The Hall–Kier alpha value is -2.02. The van der Waals surface area contributed by atoms with E-state index in [9.17, 15) is 14.4 Å². The Morgan fingerprint density at radius 2 is 1.81 bits per heavy atom. The van der Waals surface area contributed by atoms with Crippen molar-refractivity contribution in [2.75, 3.05) is 31.2 Å². The number of hydrogen-bond donors (Lipinski definition) is 1. The van der Waals surface area contributed by atoms with Crippen molar-refractivity contribution in [1.29, 1.82) is 0 Å². The van der Waals surface area contributed by atoms with Gasteiger partial charge >= 0.3 is 0 Å². The number of amides is 3. The largest absolute Gasteiger partial charge is 0.338 e. The lowest BCUT2D eigenvalue weighted by Gasteiger charge is -2.42. The lowest BCUT2D eigenvalue weighted by atomic mass is 10.0. The van der Waals surface area contributed by atoms with Crippen molar-refractivity contribution in [3.8, 4) is 0 Å². The zero-order valence-electron chi connectivity index (χ0n) is 15.7. The van der Waals surface area contributed by atoms with Gasteiger partial charge in [-0.25, -0.2) is 0 Å². The number of rotatable bonds is 3. The first-order chi connectivity index (χ1) is 12.9. The van der Waals surface area contributed by atoms with Gasteiger partial charge in [0.15, 0.2) is 0 Å². The molecule has 144 valence electrons. The maximum atomic E-state index is 12.8. The molecular weight excluding hydrogens is 362 g/mol. The molecule has 3 fully saturated rings. The summed E-state index contributed by atoms with van der Waals surface area (Å²) in [7, 11) is 1.87. The first-order valence-corrected chi connectivity index (χ1v) is 10.5. The maximum absolute atomic E-state index is 12.8. The number of anilines is 1. The fourth-order valence-corrected chi connectivity index (χ4v) is 5.31. The Balaban J connectivity index is 1.35. The van der Waals surface area contributed by atoms with E-state index in [1.807, 2.05) is 16.8 Å². The van der Waals surface area contributed by atoms with Crippen LogP contribution in [0.15, 0.2) is 24.3 Å². The van der Waals surface area contributed by atoms with Crippen LogP contribution in [0, 0.1) is 11.8 Å². The smallest absolute Gasteiger partial charge is 0.253 e. The summed E-state index contributed by atoms with van der Waals surface area (Å²) in [5, 5.41) is 2.92. The molecule has 1 aromatic carbocycles. The van der Waals surface area contributed by atoms with Crippen LogP contribution in [0.25, 0.3) is 0 Å². The van der Waals surface area contributed by atoms with Gasteiger partial charge in [-0.05, 0) is 49.4 Å².